The molecule has 7 heteroatoms. The molecular formula is C11H18N4O2S. The van der Waals surface area contributed by atoms with Crippen molar-refractivity contribution in [2.75, 3.05) is 18.1 Å². The highest BCUT2D eigenvalue weighted by atomic mass is 32.2. The average molecular weight is 270 g/mol. The lowest BCUT2D eigenvalue weighted by Crippen LogP contribution is -2.17. The molecule has 6 nitrogen and oxygen atoms in total. The van der Waals surface area contributed by atoms with Gasteiger partial charge in [-0.25, -0.2) is 9.97 Å². The van der Waals surface area contributed by atoms with E-state index in [-0.39, 0.29) is 10.7 Å². The lowest BCUT2D eigenvalue weighted by molar-refractivity contribution is 0.1000. The first-order chi connectivity index (χ1) is 8.56. The van der Waals surface area contributed by atoms with E-state index in [2.05, 4.69) is 22.2 Å². The molecular weight excluding hydrogens is 252 g/mol. The zero-order valence-corrected chi connectivity index (χ0v) is 11.4. The van der Waals surface area contributed by atoms with Gasteiger partial charge in [0.15, 0.2) is 0 Å². The monoisotopic (exact) mass is 270 g/mol. The fourth-order valence-corrected chi connectivity index (χ4v) is 1.82. The number of nitrogens with two attached hydrogens (primary N) is 1. The van der Waals surface area contributed by atoms with Crippen LogP contribution >= 0.6 is 0 Å². The van der Waals surface area contributed by atoms with Crippen molar-refractivity contribution in [3.8, 4) is 0 Å². The van der Waals surface area contributed by atoms with Crippen LogP contribution in [0.1, 0.15) is 36.5 Å². The fraction of sp³-hybridized carbons (Fsp3) is 0.545. The van der Waals surface area contributed by atoms with Crippen molar-refractivity contribution < 1.29 is 9.00 Å². The van der Waals surface area contributed by atoms with Crippen LogP contribution in [0.4, 0.5) is 5.82 Å². The summed E-state index contributed by atoms with van der Waals surface area (Å²) in [6.07, 6.45) is 5.98. The number of rotatable bonds is 7. The third kappa shape index (κ3) is 4.06. The molecule has 0 saturated carbocycles. The summed E-state index contributed by atoms with van der Waals surface area (Å²) in [5.41, 5.74) is 5.46. The highest BCUT2D eigenvalue weighted by Gasteiger charge is 2.13. The maximum absolute atomic E-state index is 11.3. The van der Waals surface area contributed by atoms with Gasteiger partial charge in [-0.15, -0.1) is 0 Å². The molecule has 0 aromatic carbocycles. The summed E-state index contributed by atoms with van der Waals surface area (Å²) < 4.78 is 11.3. The molecule has 0 fully saturated rings. The Hall–Kier alpha value is -1.50. The van der Waals surface area contributed by atoms with Gasteiger partial charge in [0.2, 0.25) is 5.16 Å². The third-order valence-electron chi connectivity index (χ3n) is 2.36. The SMILES string of the molecule is CCCCCNc1nc(S(C)=O)ncc1C(N)=O. The maximum atomic E-state index is 11.3. The number of nitrogens with zero attached hydrogens (tertiary/aromatic N) is 2. The Morgan fingerprint density at radius 3 is 2.78 bits per heavy atom. The van der Waals surface area contributed by atoms with Gasteiger partial charge in [-0.2, -0.15) is 0 Å². The molecule has 1 unspecified atom stereocenters. The Labute approximate surface area is 109 Å². The zero-order valence-electron chi connectivity index (χ0n) is 10.6. The minimum Gasteiger partial charge on any atom is -0.369 e. The van der Waals surface area contributed by atoms with Gasteiger partial charge in [0, 0.05) is 19.0 Å². The molecule has 1 heterocycles. The smallest absolute Gasteiger partial charge is 0.254 e. The number of unbranched alkanes of at least 4 members (excludes halogenated alkanes) is 2. The maximum Gasteiger partial charge on any atom is 0.254 e. The van der Waals surface area contributed by atoms with Crippen molar-refractivity contribution in [3.05, 3.63) is 11.8 Å². The Bertz CT molecular complexity index is 451. The van der Waals surface area contributed by atoms with Gasteiger partial charge in [0.1, 0.15) is 5.82 Å². The summed E-state index contributed by atoms with van der Waals surface area (Å²) in [7, 11) is -1.28. The van der Waals surface area contributed by atoms with Crippen molar-refractivity contribution in [3.63, 3.8) is 0 Å². The normalized spacial score (nSPS) is 12.1. The van der Waals surface area contributed by atoms with E-state index < -0.39 is 16.7 Å². The van der Waals surface area contributed by atoms with Gasteiger partial charge in [0.25, 0.3) is 5.91 Å². The molecule has 1 rings (SSSR count). The lowest BCUT2D eigenvalue weighted by atomic mass is 10.2. The number of primary amides is 1. The third-order valence-corrected chi connectivity index (χ3v) is 3.07. The Balaban J connectivity index is 2.86. The van der Waals surface area contributed by atoms with Gasteiger partial charge in [0.05, 0.1) is 16.4 Å². The molecule has 1 aromatic heterocycles. The van der Waals surface area contributed by atoms with Gasteiger partial charge in [-0.05, 0) is 6.42 Å². The first-order valence-electron chi connectivity index (χ1n) is 5.80. The van der Waals surface area contributed by atoms with Gasteiger partial charge >= 0.3 is 0 Å². The van der Waals surface area contributed by atoms with Crippen LogP contribution in [-0.2, 0) is 10.8 Å². The number of carbonyl (C=O) groups is 1. The second-order valence-electron chi connectivity index (χ2n) is 3.87. The average Bonchev–Trinajstić information content (AvgIpc) is 2.34. The first kappa shape index (κ1) is 14.6. The number of anilines is 1. The summed E-state index contributed by atoms with van der Waals surface area (Å²) in [5, 5.41) is 3.23. The molecule has 0 aliphatic heterocycles. The highest BCUT2D eigenvalue weighted by molar-refractivity contribution is 7.84. The van der Waals surface area contributed by atoms with Crippen LogP contribution in [0.5, 0.6) is 0 Å². The van der Waals surface area contributed by atoms with Crippen LogP contribution in [0.2, 0.25) is 0 Å². The minimum atomic E-state index is -1.28. The Morgan fingerprint density at radius 1 is 1.50 bits per heavy atom. The van der Waals surface area contributed by atoms with Crippen LogP contribution in [-0.4, -0.2) is 32.9 Å². The van der Waals surface area contributed by atoms with Gasteiger partial charge < -0.3 is 11.1 Å². The summed E-state index contributed by atoms with van der Waals surface area (Å²) in [4.78, 5) is 19.1. The van der Waals surface area contributed by atoms with E-state index >= 15 is 0 Å². The molecule has 1 amide bonds. The van der Waals surface area contributed by atoms with Crippen LogP contribution < -0.4 is 11.1 Å². The van der Waals surface area contributed by atoms with E-state index in [1.165, 1.54) is 12.5 Å². The standard InChI is InChI=1S/C11H18N4O2S/c1-3-4-5-6-13-10-8(9(12)16)7-14-11(15-10)18(2)17/h7H,3-6H2,1-2H3,(H2,12,16)(H,13,14,15). The number of hydrogen-bond acceptors (Lipinski definition) is 5. The van der Waals surface area contributed by atoms with Crippen LogP contribution in [0.25, 0.3) is 0 Å². The van der Waals surface area contributed by atoms with Gasteiger partial charge in [-0.1, -0.05) is 19.8 Å². The van der Waals surface area contributed by atoms with Gasteiger partial charge in [-0.3, -0.25) is 9.00 Å². The van der Waals surface area contributed by atoms with E-state index in [0.29, 0.717) is 12.4 Å². The van der Waals surface area contributed by atoms with Crippen LogP contribution in [0.3, 0.4) is 0 Å². The summed E-state index contributed by atoms with van der Waals surface area (Å²) in [6.45, 7) is 2.80. The van der Waals surface area contributed by atoms with E-state index in [9.17, 15) is 9.00 Å². The molecule has 0 bridgehead atoms. The molecule has 0 radical (unpaired) electrons. The van der Waals surface area contributed by atoms with E-state index in [4.69, 9.17) is 5.73 Å². The lowest BCUT2D eigenvalue weighted by Gasteiger charge is -2.09. The second-order valence-corrected chi connectivity index (χ2v) is 5.14. The predicted octanol–water partition coefficient (Wildman–Crippen LogP) is 0.915. The van der Waals surface area contributed by atoms with Crippen LogP contribution in [0, 0.1) is 0 Å². The molecule has 18 heavy (non-hydrogen) atoms. The number of amides is 1. The first-order valence-corrected chi connectivity index (χ1v) is 7.36. The topological polar surface area (TPSA) is 98.0 Å². The van der Waals surface area contributed by atoms with E-state index in [0.717, 1.165) is 19.3 Å². The molecule has 0 aliphatic carbocycles. The summed E-state index contributed by atoms with van der Waals surface area (Å²) in [6, 6.07) is 0. The quantitative estimate of drug-likeness (QED) is 0.567. The summed E-state index contributed by atoms with van der Waals surface area (Å²) in [5.74, 6) is -0.236. The highest BCUT2D eigenvalue weighted by Crippen LogP contribution is 2.12. The molecule has 0 spiro atoms. The predicted molar refractivity (Wildman–Crippen MR) is 70.9 cm³/mol. The molecule has 1 aromatic rings. The molecule has 0 aliphatic rings. The number of nitrogens with one attached hydrogen (secondary N) is 1. The van der Waals surface area contributed by atoms with Crippen molar-refractivity contribution in [2.45, 2.75) is 31.3 Å². The molecule has 1 atom stereocenters. The van der Waals surface area contributed by atoms with Crippen molar-refractivity contribution >= 4 is 22.5 Å². The van der Waals surface area contributed by atoms with Crippen molar-refractivity contribution in [2.24, 2.45) is 5.73 Å². The minimum absolute atomic E-state index is 0.193. The van der Waals surface area contributed by atoms with Crippen molar-refractivity contribution in [1.29, 1.82) is 0 Å². The molecule has 0 saturated heterocycles. The summed E-state index contributed by atoms with van der Waals surface area (Å²) >= 11 is 0. The zero-order chi connectivity index (χ0) is 13.5. The second kappa shape index (κ2) is 7.05. The number of carbonyl (C=O) groups excluding carboxylic acids is 1. The molecule has 100 valence electrons. The Kier molecular flexibility index (Phi) is 5.70. The van der Waals surface area contributed by atoms with Crippen LogP contribution in [0.15, 0.2) is 11.4 Å². The van der Waals surface area contributed by atoms with E-state index in [1.54, 1.807) is 0 Å². The molecule has 3 N–H and O–H groups in total. The number of aromatic nitrogens is 2. The Morgan fingerprint density at radius 2 is 2.22 bits per heavy atom. The fourth-order valence-electron chi connectivity index (χ4n) is 1.40. The largest absolute Gasteiger partial charge is 0.369 e. The van der Waals surface area contributed by atoms with E-state index in [1.807, 2.05) is 0 Å². The number of hydrogen-bond donors (Lipinski definition) is 2. The van der Waals surface area contributed by atoms with Crippen molar-refractivity contribution in [1.82, 2.24) is 9.97 Å².